The second-order valence-corrected chi connectivity index (χ2v) is 7.35. The molecule has 1 aliphatic carbocycles. The molecule has 19 heavy (non-hydrogen) atoms. The Morgan fingerprint density at radius 2 is 1.84 bits per heavy atom. The predicted octanol–water partition coefficient (Wildman–Crippen LogP) is 3.37. The molecule has 0 heterocycles. The van der Waals surface area contributed by atoms with E-state index in [-0.39, 0.29) is 17.2 Å². The van der Waals surface area contributed by atoms with Gasteiger partial charge in [0.25, 0.3) is 0 Å². The fourth-order valence-electron chi connectivity index (χ4n) is 2.75. The van der Waals surface area contributed by atoms with Gasteiger partial charge in [0.1, 0.15) is 0 Å². The molecule has 0 spiro atoms. The highest BCUT2D eigenvalue weighted by atomic mass is 16.5. The lowest BCUT2D eigenvalue weighted by Gasteiger charge is -2.43. The molecule has 0 aromatic heterocycles. The fourth-order valence-corrected chi connectivity index (χ4v) is 2.75. The quantitative estimate of drug-likeness (QED) is 0.803. The second-order valence-electron chi connectivity index (χ2n) is 7.35. The minimum atomic E-state index is -0.00225. The number of nitrogens with one attached hydrogen (secondary N) is 1. The van der Waals surface area contributed by atoms with Crippen molar-refractivity contribution in [3.63, 3.8) is 0 Å². The zero-order valence-corrected chi connectivity index (χ0v) is 13.7. The van der Waals surface area contributed by atoms with E-state index in [2.05, 4.69) is 39.9 Å². The lowest BCUT2D eigenvalue weighted by Crippen LogP contribution is -2.52. The number of ether oxygens (including phenoxy) is 2. The van der Waals surface area contributed by atoms with Gasteiger partial charge in [0, 0.05) is 19.2 Å². The molecule has 3 heteroatoms. The molecule has 1 aliphatic rings. The lowest BCUT2D eigenvalue weighted by molar-refractivity contribution is -0.129. The van der Waals surface area contributed by atoms with Crippen molar-refractivity contribution in [3.8, 4) is 0 Å². The van der Waals surface area contributed by atoms with Gasteiger partial charge >= 0.3 is 0 Å². The van der Waals surface area contributed by atoms with Crippen molar-refractivity contribution in [1.82, 2.24) is 5.32 Å². The van der Waals surface area contributed by atoms with E-state index in [0.717, 1.165) is 25.3 Å². The van der Waals surface area contributed by atoms with E-state index >= 15 is 0 Å². The van der Waals surface area contributed by atoms with Crippen LogP contribution in [0.15, 0.2) is 0 Å². The maximum absolute atomic E-state index is 6.38. The minimum Gasteiger partial charge on any atom is -0.382 e. The van der Waals surface area contributed by atoms with E-state index in [1.54, 1.807) is 7.11 Å². The van der Waals surface area contributed by atoms with Gasteiger partial charge in [-0.3, -0.25) is 0 Å². The van der Waals surface area contributed by atoms with Gasteiger partial charge < -0.3 is 14.8 Å². The first-order chi connectivity index (χ1) is 8.76. The maximum Gasteiger partial charge on any atom is 0.0811 e. The zero-order valence-electron chi connectivity index (χ0n) is 13.7. The first-order valence-corrected chi connectivity index (χ1v) is 7.68. The van der Waals surface area contributed by atoms with E-state index in [9.17, 15) is 0 Å². The van der Waals surface area contributed by atoms with Crippen LogP contribution >= 0.6 is 0 Å². The van der Waals surface area contributed by atoms with Crippen LogP contribution < -0.4 is 5.32 Å². The molecular formula is C16H33NO2. The summed E-state index contributed by atoms with van der Waals surface area (Å²) < 4.78 is 11.6. The third-order valence-corrected chi connectivity index (χ3v) is 3.98. The van der Waals surface area contributed by atoms with Crippen molar-refractivity contribution in [2.45, 2.75) is 77.5 Å². The molecule has 0 radical (unpaired) electrons. The van der Waals surface area contributed by atoms with Crippen LogP contribution in [0.5, 0.6) is 0 Å². The van der Waals surface area contributed by atoms with Crippen LogP contribution in [0.4, 0.5) is 0 Å². The molecule has 1 N–H and O–H groups in total. The smallest absolute Gasteiger partial charge is 0.0811 e. The van der Waals surface area contributed by atoms with Gasteiger partial charge in [0.05, 0.1) is 18.3 Å². The molecule has 0 aromatic rings. The number of hydrogen-bond acceptors (Lipinski definition) is 3. The van der Waals surface area contributed by atoms with Crippen molar-refractivity contribution in [1.29, 1.82) is 0 Å². The van der Waals surface area contributed by atoms with Gasteiger partial charge in [-0.15, -0.1) is 0 Å². The van der Waals surface area contributed by atoms with Crippen molar-refractivity contribution in [3.05, 3.63) is 0 Å². The van der Waals surface area contributed by atoms with Crippen molar-refractivity contribution in [2.75, 3.05) is 20.3 Å². The lowest BCUT2D eigenvalue weighted by atomic mass is 9.79. The number of methoxy groups -OCH3 is 1. The van der Waals surface area contributed by atoms with Gasteiger partial charge in [-0.1, -0.05) is 6.92 Å². The molecule has 1 fully saturated rings. The summed E-state index contributed by atoms with van der Waals surface area (Å²) in [4.78, 5) is 0. The van der Waals surface area contributed by atoms with Crippen LogP contribution in [0.2, 0.25) is 0 Å². The first-order valence-electron chi connectivity index (χ1n) is 7.68. The Morgan fingerprint density at radius 1 is 1.26 bits per heavy atom. The van der Waals surface area contributed by atoms with Crippen molar-refractivity contribution in [2.24, 2.45) is 5.92 Å². The third-order valence-electron chi connectivity index (χ3n) is 3.98. The number of hydrogen-bond donors (Lipinski definition) is 1. The van der Waals surface area contributed by atoms with Crippen LogP contribution in [0, 0.1) is 5.92 Å². The molecule has 0 saturated heterocycles. The highest BCUT2D eigenvalue weighted by Crippen LogP contribution is 2.35. The Balaban J connectivity index is 2.62. The Kier molecular flexibility index (Phi) is 6.28. The summed E-state index contributed by atoms with van der Waals surface area (Å²) in [5, 5.41) is 3.63. The summed E-state index contributed by atoms with van der Waals surface area (Å²) in [5.41, 5.74) is 0.141. The van der Waals surface area contributed by atoms with Crippen LogP contribution in [0.25, 0.3) is 0 Å². The molecule has 3 nitrogen and oxygen atoms in total. The average molecular weight is 271 g/mol. The molecule has 0 aromatic carbocycles. The van der Waals surface area contributed by atoms with Gasteiger partial charge in [0.15, 0.2) is 0 Å². The van der Waals surface area contributed by atoms with E-state index in [0.29, 0.717) is 6.61 Å². The monoisotopic (exact) mass is 271 g/mol. The molecule has 1 saturated carbocycles. The molecular weight excluding hydrogens is 238 g/mol. The summed E-state index contributed by atoms with van der Waals surface area (Å²) in [6.07, 6.45) is 5.02. The molecule has 0 bridgehead atoms. The van der Waals surface area contributed by atoms with Crippen molar-refractivity contribution < 1.29 is 9.47 Å². The summed E-state index contributed by atoms with van der Waals surface area (Å²) in [6, 6.07) is 0. The largest absolute Gasteiger partial charge is 0.382 e. The van der Waals surface area contributed by atoms with Crippen LogP contribution in [-0.2, 0) is 9.47 Å². The van der Waals surface area contributed by atoms with E-state index in [1.165, 1.54) is 12.8 Å². The third kappa shape index (κ3) is 6.24. The SMILES string of the molecule is COCC(C)OC1(CNC(C)(C)C)CCC(C)CC1. The summed E-state index contributed by atoms with van der Waals surface area (Å²) in [6.45, 7) is 12.7. The Labute approximate surface area is 119 Å². The summed E-state index contributed by atoms with van der Waals surface area (Å²) >= 11 is 0. The van der Waals surface area contributed by atoms with E-state index in [4.69, 9.17) is 9.47 Å². The van der Waals surface area contributed by atoms with Gasteiger partial charge in [-0.2, -0.15) is 0 Å². The normalized spacial score (nSPS) is 30.3. The Hall–Kier alpha value is -0.120. The molecule has 0 aliphatic heterocycles. The van der Waals surface area contributed by atoms with E-state index < -0.39 is 0 Å². The van der Waals surface area contributed by atoms with E-state index in [1.807, 2.05) is 0 Å². The molecule has 1 unspecified atom stereocenters. The van der Waals surface area contributed by atoms with Gasteiger partial charge in [-0.25, -0.2) is 0 Å². The minimum absolute atomic E-state index is 0.00225. The topological polar surface area (TPSA) is 30.5 Å². The van der Waals surface area contributed by atoms with Crippen molar-refractivity contribution >= 4 is 0 Å². The number of rotatable bonds is 6. The average Bonchev–Trinajstić information content (AvgIpc) is 2.30. The summed E-state index contributed by atoms with van der Waals surface area (Å²) in [7, 11) is 1.74. The van der Waals surface area contributed by atoms with Crippen LogP contribution in [0.1, 0.15) is 60.3 Å². The Bertz CT molecular complexity index is 252. The van der Waals surface area contributed by atoms with Crippen LogP contribution in [-0.4, -0.2) is 37.5 Å². The maximum atomic E-state index is 6.38. The molecule has 1 rings (SSSR count). The summed E-state index contributed by atoms with van der Waals surface area (Å²) in [5.74, 6) is 0.837. The second kappa shape index (κ2) is 7.05. The van der Waals surface area contributed by atoms with Crippen LogP contribution in [0.3, 0.4) is 0 Å². The Morgan fingerprint density at radius 3 is 2.32 bits per heavy atom. The van der Waals surface area contributed by atoms with Gasteiger partial charge in [-0.05, 0) is 59.3 Å². The highest BCUT2D eigenvalue weighted by Gasteiger charge is 2.37. The molecule has 114 valence electrons. The molecule has 0 amide bonds. The molecule has 1 atom stereocenters. The van der Waals surface area contributed by atoms with Gasteiger partial charge in [0.2, 0.25) is 0 Å². The highest BCUT2D eigenvalue weighted by molar-refractivity contribution is 4.91. The predicted molar refractivity (Wildman–Crippen MR) is 80.5 cm³/mol. The standard InChI is InChI=1S/C16H33NO2/c1-13-7-9-16(10-8-13,12-17-15(3,4)5)19-14(2)11-18-6/h13-14,17H,7-12H2,1-6H3. The zero-order chi connectivity index (χ0) is 14.5. The fraction of sp³-hybridized carbons (Fsp3) is 1.00. The first kappa shape index (κ1) is 16.9.